The second kappa shape index (κ2) is 8.35. The summed E-state index contributed by atoms with van der Waals surface area (Å²) in [5.74, 6) is -3.15. The Morgan fingerprint density at radius 3 is 2.52 bits per heavy atom. The highest BCUT2D eigenvalue weighted by atomic mass is 16.6. The van der Waals surface area contributed by atoms with Crippen LogP contribution in [0.15, 0.2) is 53.8 Å². The van der Waals surface area contributed by atoms with Crippen molar-refractivity contribution >= 4 is 17.5 Å². The van der Waals surface area contributed by atoms with E-state index in [1.807, 2.05) is 6.92 Å². The van der Waals surface area contributed by atoms with E-state index in [0.717, 1.165) is 7.11 Å². The molecule has 4 N–H and O–H groups in total. The van der Waals surface area contributed by atoms with Gasteiger partial charge in [0.15, 0.2) is 6.10 Å². The first-order valence-electron chi connectivity index (χ1n) is 9.80. The number of nitrogens with one attached hydrogen (secondary N) is 1. The first-order valence-corrected chi connectivity index (χ1v) is 9.80. The van der Waals surface area contributed by atoms with Crippen LogP contribution in [0.3, 0.4) is 0 Å². The molecule has 1 fully saturated rings. The molecule has 5 atom stereocenters. The Labute approximate surface area is 179 Å². The maximum atomic E-state index is 13.1. The largest absolute Gasteiger partial charge is 0.467 e. The number of Topliss-reactive ketones (excluding diaryl/α,β-unsaturated/α-hetero) is 2. The zero-order chi connectivity index (χ0) is 23.0. The molecule has 3 unspecified atom stereocenters. The third-order valence-electron chi connectivity index (χ3n) is 5.58. The quantitative estimate of drug-likeness (QED) is 0.269. The molecule has 3 rings (SSSR count). The number of ether oxygens (including phenoxy) is 2. The molecule has 166 valence electrons. The zero-order valence-corrected chi connectivity index (χ0v) is 17.4. The number of aliphatic hydroxyl groups excluding tert-OH is 3. The van der Waals surface area contributed by atoms with Crippen LogP contribution in [-0.4, -0.2) is 69.5 Å². The molecule has 0 aliphatic carbocycles. The number of amides is 1. The van der Waals surface area contributed by atoms with Gasteiger partial charge in [0.1, 0.15) is 18.0 Å². The number of carbonyl (C=O) groups excluding carboxylic acids is 3. The fourth-order valence-corrected chi connectivity index (χ4v) is 3.81. The van der Waals surface area contributed by atoms with Crippen molar-refractivity contribution in [3.63, 3.8) is 0 Å². The highest BCUT2D eigenvalue weighted by Crippen LogP contribution is 2.44. The molecule has 1 aromatic rings. The third kappa shape index (κ3) is 3.30. The molecular formula is C22H25NO8. The molecule has 0 bridgehead atoms. The molecule has 2 aliphatic heterocycles. The second-order valence-corrected chi connectivity index (χ2v) is 7.42. The second-order valence-electron chi connectivity index (χ2n) is 7.42. The van der Waals surface area contributed by atoms with Gasteiger partial charge in [0.2, 0.25) is 17.3 Å². The summed E-state index contributed by atoms with van der Waals surface area (Å²) in [6, 6.07) is 7.82. The van der Waals surface area contributed by atoms with Crippen molar-refractivity contribution in [2.24, 2.45) is 0 Å². The maximum Gasteiger partial charge on any atom is 0.278 e. The first kappa shape index (κ1) is 22.8. The van der Waals surface area contributed by atoms with Crippen molar-refractivity contribution in [3.8, 4) is 0 Å². The number of aliphatic hydroxyl groups is 3. The molecule has 9 heteroatoms. The summed E-state index contributed by atoms with van der Waals surface area (Å²) in [5, 5.41) is 34.0. The van der Waals surface area contributed by atoms with Crippen LogP contribution in [0.5, 0.6) is 0 Å². The highest BCUT2D eigenvalue weighted by Gasteiger charge is 2.74. The fourth-order valence-electron chi connectivity index (χ4n) is 3.81. The van der Waals surface area contributed by atoms with E-state index < -0.39 is 47.1 Å². The van der Waals surface area contributed by atoms with Gasteiger partial charge in [-0.3, -0.25) is 14.4 Å². The van der Waals surface area contributed by atoms with Crippen LogP contribution in [0.2, 0.25) is 0 Å². The third-order valence-corrected chi connectivity index (χ3v) is 5.58. The van der Waals surface area contributed by atoms with Gasteiger partial charge in [-0.05, 0) is 13.3 Å². The number of rotatable bonds is 7. The van der Waals surface area contributed by atoms with Crippen LogP contribution in [0.1, 0.15) is 30.6 Å². The molecule has 0 radical (unpaired) electrons. The van der Waals surface area contributed by atoms with Crippen LogP contribution in [0.4, 0.5) is 0 Å². The predicted octanol–water partition coefficient (Wildman–Crippen LogP) is 0.00280. The van der Waals surface area contributed by atoms with Gasteiger partial charge in [-0.25, -0.2) is 0 Å². The average molecular weight is 431 g/mol. The van der Waals surface area contributed by atoms with Gasteiger partial charge in [0.25, 0.3) is 11.5 Å². The Hall–Kier alpha value is -2.85. The number of ketones is 2. The summed E-state index contributed by atoms with van der Waals surface area (Å²) in [6.45, 7) is 3.13. The van der Waals surface area contributed by atoms with Gasteiger partial charge >= 0.3 is 0 Å². The number of methoxy groups -OCH3 is 1. The molecular weight excluding hydrogens is 406 g/mol. The minimum absolute atomic E-state index is 0.135. The smallest absolute Gasteiger partial charge is 0.278 e. The standard InChI is InChI=1S/C22H25NO8/c1-4-5-11-14(24)15(25)16-12(2)17(26)21(31-16)19(28)22(30-3,23-20(21)29)18(27)13-9-7-6-8-10-13/h5-11,14-15,19,24-25,28H,4H2,1-3H3,(H,23,29)/b11-5-/t14-,15-,19?,21?,22?/m0/s1. The minimum Gasteiger partial charge on any atom is -0.467 e. The molecule has 1 aromatic carbocycles. The van der Waals surface area contributed by atoms with Crippen molar-refractivity contribution in [3.05, 3.63) is 59.4 Å². The topological polar surface area (TPSA) is 142 Å². The van der Waals surface area contributed by atoms with Crippen molar-refractivity contribution in [1.82, 2.24) is 5.32 Å². The lowest BCUT2D eigenvalue weighted by Gasteiger charge is -2.32. The van der Waals surface area contributed by atoms with E-state index >= 15 is 0 Å². The average Bonchev–Trinajstić information content (AvgIpc) is 3.18. The van der Waals surface area contributed by atoms with Crippen LogP contribution < -0.4 is 5.32 Å². The van der Waals surface area contributed by atoms with Crippen LogP contribution in [0.25, 0.3) is 0 Å². The Bertz CT molecular complexity index is 956. The van der Waals surface area contributed by atoms with Crippen LogP contribution >= 0.6 is 0 Å². The van der Waals surface area contributed by atoms with Gasteiger partial charge in [-0.2, -0.15) is 0 Å². The van der Waals surface area contributed by atoms with E-state index in [1.54, 1.807) is 24.3 Å². The predicted molar refractivity (Wildman–Crippen MR) is 108 cm³/mol. The maximum absolute atomic E-state index is 13.1. The van der Waals surface area contributed by atoms with Crippen LogP contribution in [0, 0.1) is 0 Å². The Kier molecular flexibility index (Phi) is 6.15. The SMILES string of the molecule is CC/C=C\[C@H](O)[C@H](O)C1=C(C)C(=O)C2(O1)C(=O)NC(OC)(C(=O)c1ccccc1)C2O. The number of allylic oxidation sites excluding steroid dienone is 1. The monoisotopic (exact) mass is 431 g/mol. The zero-order valence-electron chi connectivity index (χ0n) is 17.4. The van der Waals surface area contributed by atoms with Gasteiger partial charge in [0, 0.05) is 18.2 Å². The van der Waals surface area contributed by atoms with Crippen molar-refractivity contribution in [2.45, 2.75) is 49.9 Å². The van der Waals surface area contributed by atoms with E-state index in [1.165, 1.54) is 25.1 Å². The summed E-state index contributed by atoms with van der Waals surface area (Å²) >= 11 is 0. The molecule has 0 aromatic heterocycles. The van der Waals surface area contributed by atoms with Gasteiger partial charge < -0.3 is 30.1 Å². The number of hydrogen-bond donors (Lipinski definition) is 4. The van der Waals surface area contributed by atoms with E-state index in [0.29, 0.717) is 6.42 Å². The van der Waals surface area contributed by atoms with E-state index in [-0.39, 0.29) is 16.9 Å². The van der Waals surface area contributed by atoms with Gasteiger partial charge in [-0.15, -0.1) is 0 Å². The van der Waals surface area contributed by atoms with Gasteiger partial charge in [0.05, 0.1) is 0 Å². The van der Waals surface area contributed by atoms with Gasteiger partial charge in [-0.1, -0.05) is 49.4 Å². The molecule has 2 aliphatic rings. The summed E-state index contributed by atoms with van der Waals surface area (Å²) in [4.78, 5) is 39.2. The molecule has 1 spiro atoms. The minimum atomic E-state index is -2.53. The highest BCUT2D eigenvalue weighted by molar-refractivity contribution is 6.23. The Morgan fingerprint density at radius 1 is 1.29 bits per heavy atom. The van der Waals surface area contributed by atoms with E-state index in [4.69, 9.17) is 9.47 Å². The van der Waals surface area contributed by atoms with Crippen molar-refractivity contribution < 1.29 is 39.2 Å². The van der Waals surface area contributed by atoms with Crippen molar-refractivity contribution in [2.75, 3.05) is 7.11 Å². The summed E-state index contributed by atoms with van der Waals surface area (Å²) in [5.41, 5.74) is -4.83. The molecule has 1 amide bonds. The fraction of sp³-hybridized carbons (Fsp3) is 0.409. The number of carbonyl (C=O) groups is 3. The number of hydrogen-bond acceptors (Lipinski definition) is 8. The summed E-state index contributed by atoms with van der Waals surface area (Å²) < 4.78 is 10.8. The van der Waals surface area contributed by atoms with Crippen LogP contribution in [-0.2, 0) is 19.1 Å². The molecule has 9 nitrogen and oxygen atoms in total. The Morgan fingerprint density at radius 2 is 1.94 bits per heavy atom. The normalized spacial score (nSPS) is 30.1. The summed E-state index contributed by atoms with van der Waals surface area (Å²) in [6.07, 6.45) is -1.60. The molecule has 31 heavy (non-hydrogen) atoms. The summed E-state index contributed by atoms with van der Waals surface area (Å²) in [7, 11) is 1.11. The van der Waals surface area contributed by atoms with Crippen molar-refractivity contribution in [1.29, 1.82) is 0 Å². The molecule has 2 heterocycles. The van der Waals surface area contributed by atoms with E-state index in [2.05, 4.69) is 5.32 Å². The lowest BCUT2D eigenvalue weighted by molar-refractivity contribution is -0.163. The van der Waals surface area contributed by atoms with E-state index in [9.17, 15) is 29.7 Å². The lowest BCUT2D eigenvalue weighted by Crippen LogP contribution is -2.60. The Balaban J connectivity index is 1.99. The molecule has 0 saturated carbocycles. The first-order chi connectivity index (χ1) is 14.7. The lowest BCUT2D eigenvalue weighted by atomic mass is 9.85. The number of benzene rings is 1. The molecule has 1 saturated heterocycles.